The van der Waals surface area contributed by atoms with Crippen LogP contribution < -0.4 is 0 Å². The van der Waals surface area contributed by atoms with Crippen LogP contribution in [-0.2, 0) is 83.7 Å². The Balaban J connectivity index is -0.000000281. The van der Waals surface area contributed by atoms with Crippen LogP contribution in [0.2, 0.25) is 0 Å². The van der Waals surface area contributed by atoms with Gasteiger partial charge >= 0.3 is 0 Å². The van der Waals surface area contributed by atoms with Crippen LogP contribution in [0.15, 0.2) is 0 Å². The molecule has 0 amide bonds. The van der Waals surface area contributed by atoms with Gasteiger partial charge in [0.1, 0.15) is 6.79 Å². The van der Waals surface area contributed by atoms with Crippen molar-refractivity contribution < 1.29 is 88.8 Å². The summed E-state index contributed by atoms with van der Waals surface area (Å²) in [6.45, 7) is 7.85. The fourth-order valence-corrected chi connectivity index (χ4v) is 2.21. The summed E-state index contributed by atoms with van der Waals surface area (Å²) >= 11 is 0. The second kappa shape index (κ2) is 15.1. The molecule has 1 heterocycles. The molecule has 0 bridgehead atoms. The Morgan fingerprint density at radius 3 is 2.21 bits per heavy atom. The Morgan fingerprint density at radius 1 is 1.26 bits per heavy atom. The molecule has 1 N–H and O–H groups in total. The number of aliphatic hydroxyl groups is 1. The minimum Gasteiger partial charge on any atom is -0.454 e. The van der Waals surface area contributed by atoms with Crippen molar-refractivity contribution in [3.05, 3.63) is 6.54 Å². The molecule has 1 fully saturated rings. The van der Waals surface area contributed by atoms with Gasteiger partial charge in [0.15, 0.2) is 0 Å². The summed E-state index contributed by atoms with van der Waals surface area (Å²) in [5, 5.41) is 8.87. The van der Waals surface area contributed by atoms with Crippen LogP contribution in [0.3, 0.4) is 0 Å². The summed E-state index contributed by atoms with van der Waals surface area (Å²) in [5.74, 6) is 0. The molecule has 1 saturated heterocycles. The maximum absolute atomic E-state index is 8.87. The number of ether oxygens (including phenoxy) is 2. The normalized spacial score (nSPS) is 29.4. The molecule has 0 spiro atoms. The minimum atomic E-state index is -0.249. The van der Waals surface area contributed by atoms with Crippen molar-refractivity contribution in [2.45, 2.75) is 51.5 Å². The van der Waals surface area contributed by atoms with Gasteiger partial charge in [-0.2, -0.15) is 6.92 Å². The fraction of sp³-hybridized carbons (Fsp3) is 0.909. The van der Waals surface area contributed by atoms with Crippen molar-refractivity contribution in [1.82, 2.24) is 4.90 Å². The molecule has 19 heavy (non-hydrogen) atoms. The molecule has 0 saturated carbocycles. The maximum atomic E-state index is 8.87. The molecule has 4 nitrogen and oxygen atoms in total. The Kier molecular flexibility index (Phi) is 23.2. The summed E-state index contributed by atoms with van der Waals surface area (Å²) < 4.78 is 11.0. The van der Waals surface area contributed by atoms with Crippen molar-refractivity contribution >= 4 is 0 Å². The Labute approximate surface area is 164 Å². The molecule has 110 valence electrons. The van der Waals surface area contributed by atoms with E-state index in [0.29, 0.717) is 0 Å². The van der Waals surface area contributed by atoms with Gasteiger partial charge < -0.3 is 19.5 Å². The van der Waals surface area contributed by atoms with E-state index in [1.54, 1.807) is 0 Å². The van der Waals surface area contributed by atoms with Gasteiger partial charge in [-0.05, 0) is 27.3 Å². The molecule has 4 atom stereocenters. The van der Waals surface area contributed by atoms with Gasteiger partial charge in [-0.3, -0.25) is 6.54 Å². The van der Waals surface area contributed by atoms with Gasteiger partial charge in [0.05, 0.1) is 18.3 Å². The first kappa shape index (κ1) is 29.2. The van der Waals surface area contributed by atoms with E-state index in [2.05, 4.69) is 11.8 Å². The molecule has 1 rings (SSSR count). The van der Waals surface area contributed by atoms with E-state index in [1.807, 2.05) is 27.4 Å². The van der Waals surface area contributed by atoms with Crippen LogP contribution in [0.25, 0.3) is 0 Å². The smallest absolute Gasteiger partial charge is 0.144 e. The summed E-state index contributed by atoms with van der Waals surface area (Å²) in [6.07, 6.45) is 1.13. The molecule has 8 heteroatoms. The van der Waals surface area contributed by atoms with E-state index in [-0.39, 0.29) is 105 Å². The number of likely N-dealkylation sites (N-methyl/N-ethyl adjacent to an activating group) is 1. The van der Waals surface area contributed by atoms with Crippen LogP contribution >= 0.6 is 0 Å². The largest absolute Gasteiger partial charge is 0.454 e. The van der Waals surface area contributed by atoms with Crippen molar-refractivity contribution in [3.63, 3.8) is 0 Å². The van der Waals surface area contributed by atoms with Gasteiger partial charge in [0, 0.05) is 80.3 Å². The topological polar surface area (TPSA) is 41.9 Å². The van der Waals surface area contributed by atoms with Gasteiger partial charge in [-0.1, -0.05) is 0 Å². The average Bonchev–Trinajstić information content (AvgIpc) is 2.20. The van der Waals surface area contributed by atoms with Crippen molar-refractivity contribution in [1.29, 1.82) is 0 Å². The summed E-state index contributed by atoms with van der Waals surface area (Å²) in [7, 11) is 2.03. The molecule has 4 radical (unpaired) electrons. The van der Waals surface area contributed by atoms with E-state index < -0.39 is 0 Å². The van der Waals surface area contributed by atoms with Crippen molar-refractivity contribution in [3.8, 4) is 0 Å². The van der Waals surface area contributed by atoms with Crippen LogP contribution in [0.4, 0.5) is 0 Å². The third kappa shape index (κ3) is 9.03. The van der Waals surface area contributed by atoms with E-state index in [0.717, 1.165) is 6.42 Å². The molecule has 0 aromatic rings. The first-order chi connectivity index (χ1) is 7.10. The zero-order valence-electron chi connectivity index (χ0n) is 11.8. The quantitative estimate of drug-likeness (QED) is 0.545. The van der Waals surface area contributed by atoms with Crippen molar-refractivity contribution in [2.24, 2.45) is 0 Å². The van der Waals surface area contributed by atoms with Crippen LogP contribution in [0.1, 0.15) is 27.2 Å². The molecule has 1 aliphatic heterocycles. The zero-order chi connectivity index (χ0) is 11.4. The summed E-state index contributed by atoms with van der Waals surface area (Å²) in [6, 6.07) is 0.279. The van der Waals surface area contributed by atoms with Gasteiger partial charge in [0.2, 0.25) is 0 Å². The number of aliphatic hydroxyl groups excluding tert-OH is 1. The number of hydrogen-bond acceptors (Lipinski definition) is 4. The minimum absolute atomic E-state index is 0. The van der Waals surface area contributed by atoms with E-state index >= 15 is 0 Å². The van der Waals surface area contributed by atoms with Crippen molar-refractivity contribution in [2.75, 3.05) is 13.8 Å². The van der Waals surface area contributed by atoms with Crippen LogP contribution in [-0.4, -0.2) is 48.2 Å². The molecule has 0 aliphatic carbocycles. The number of nitrogens with zero attached hydrogens (tertiary/aromatic N) is 1. The Hall–Kier alpha value is 2.18. The predicted octanol–water partition coefficient (Wildman–Crippen LogP) is 0.991. The molecule has 1 aliphatic rings. The zero-order valence-corrected chi connectivity index (χ0v) is 17.4. The summed E-state index contributed by atoms with van der Waals surface area (Å²) in [5.41, 5.74) is 0. The number of hydrogen-bond donors (Lipinski definition) is 1. The van der Waals surface area contributed by atoms with Gasteiger partial charge in [-0.25, -0.2) is 0 Å². The third-order valence-corrected chi connectivity index (χ3v) is 3.06. The van der Waals surface area contributed by atoms with Crippen LogP contribution in [0.5, 0.6) is 0 Å². The standard InChI is InChI=1S/C11H22NO3.4V/c1-5-12(4)10-6-8(2)15-9(3)11(10)14-7-13;;;;/h5,8-11,13H,6-7H2,1-4H3;;;;/q-1;;;;. The molecule has 0 aromatic carbocycles. The third-order valence-electron chi connectivity index (χ3n) is 3.06. The monoisotopic (exact) mass is 420 g/mol. The predicted molar refractivity (Wildman–Crippen MR) is 58.1 cm³/mol. The number of rotatable bonds is 4. The molecule has 4 unspecified atom stereocenters. The Morgan fingerprint density at radius 2 is 1.79 bits per heavy atom. The second-order valence-electron chi connectivity index (χ2n) is 4.14. The SMILES string of the molecule is C[CH-]N(C)C1CC(C)OC(C)C1OCO.[V].[V].[V].[V]. The van der Waals surface area contributed by atoms with Gasteiger partial charge in [0.25, 0.3) is 0 Å². The van der Waals surface area contributed by atoms with E-state index in [1.165, 1.54) is 0 Å². The van der Waals surface area contributed by atoms with Crippen LogP contribution in [0, 0.1) is 6.54 Å². The molecule has 0 aromatic heterocycles. The first-order valence-corrected chi connectivity index (χ1v) is 5.49. The van der Waals surface area contributed by atoms with E-state index in [9.17, 15) is 0 Å². The average molecular weight is 420 g/mol. The maximum Gasteiger partial charge on any atom is 0.144 e. The van der Waals surface area contributed by atoms with Gasteiger partial charge in [-0.15, -0.1) is 0 Å². The fourth-order valence-electron chi connectivity index (χ4n) is 2.21. The second-order valence-corrected chi connectivity index (χ2v) is 4.14. The Bertz CT molecular complexity index is 203. The first-order valence-electron chi connectivity index (χ1n) is 5.49. The molecular formula is C11H22NO3V4-. The van der Waals surface area contributed by atoms with E-state index in [4.69, 9.17) is 14.6 Å². The summed E-state index contributed by atoms with van der Waals surface area (Å²) in [4.78, 5) is 2.13. The molecular weight excluding hydrogens is 398 g/mol.